The SMILES string of the molecule is COC(=O)[C@@H](OC(C)(C)C)c1c(C)c(Nc2ncccn2)c2[nH]c(C)cc2c1-c1ccc(Cl)cc1. The number of esters is 1. The van der Waals surface area contributed by atoms with Crippen molar-refractivity contribution in [2.45, 2.75) is 46.3 Å². The Kier molecular flexibility index (Phi) is 6.83. The number of ether oxygens (including phenoxy) is 2. The van der Waals surface area contributed by atoms with Crippen LogP contribution in [0, 0.1) is 13.8 Å². The molecule has 7 nitrogen and oxygen atoms in total. The molecule has 0 aliphatic heterocycles. The van der Waals surface area contributed by atoms with Gasteiger partial charge >= 0.3 is 5.97 Å². The summed E-state index contributed by atoms with van der Waals surface area (Å²) < 4.78 is 11.5. The second-order valence-electron chi connectivity index (χ2n) is 9.37. The molecule has 0 fully saturated rings. The molecule has 0 bridgehead atoms. The predicted molar refractivity (Wildman–Crippen MR) is 139 cm³/mol. The summed E-state index contributed by atoms with van der Waals surface area (Å²) in [6.45, 7) is 9.69. The standard InChI is InChI=1S/C27H29ClN4O3/c1-15-14-19-21(17-8-10-18(28)11-9-17)20(24(25(33)34-6)35-27(3,4)5)16(2)22(23(19)31-15)32-26-29-12-7-13-30-26/h7-14,24,31H,1-6H3,(H,29,30,32)/t24-/m0/s1. The van der Waals surface area contributed by atoms with Gasteiger partial charge in [0.1, 0.15) is 0 Å². The third kappa shape index (κ3) is 5.16. The van der Waals surface area contributed by atoms with Gasteiger partial charge in [0.05, 0.1) is 23.9 Å². The molecule has 0 aliphatic carbocycles. The lowest BCUT2D eigenvalue weighted by Gasteiger charge is -2.30. The molecule has 0 spiro atoms. The molecule has 1 atom stereocenters. The minimum atomic E-state index is -0.970. The van der Waals surface area contributed by atoms with Gasteiger partial charge in [-0.25, -0.2) is 14.8 Å². The number of benzene rings is 2. The number of methoxy groups -OCH3 is 1. The summed E-state index contributed by atoms with van der Waals surface area (Å²) in [5, 5.41) is 4.90. The van der Waals surface area contributed by atoms with E-state index in [1.807, 2.05) is 58.9 Å². The van der Waals surface area contributed by atoms with Crippen LogP contribution in [-0.2, 0) is 14.3 Å². The van der Waals surface area contributed by atoms with Crippen LogP contribution in [0.4, 0.5) is 11.6 Å². The minimum absolute atomic E-state index is 0.445. The molecule has 182 valence electrons. The van der Waals surface area contributed by atoms with E-state index in [0.29, 0.717) is 16.5 Å². The largest absolute Gasteiger partial charge is 0.467 e. The Morgan fingerprint density at radius 2 is 1.77 bits per heavy atom. The monoisotopic (exact) mass is 492 g/mol. The number of H-pyrrole nitrogens is 1. The zero-order chi connectivity index (χ0) is 25.3. The molecule has 0 unspecified atom stereocenters. The topological polar surface area (TPSA) is 89.1 Å². The molecule has 0 aliphatic rings. The average molecular weight is 493 g/mol. The van der Waals surface area contributed by atoms with Crippen LogP contribution >= 0.6 is 11.6 Å². The van der Waals surface area contributed by atoms with Crippen LogP contribution in [0.3, 0.4) is 0 Å². The van der Waals surface area contributed by atoms with Crippen molar-refractivity contribution < 1.29 is 14.3 Å². The lowest BCUT2D eigenvalue weighted by Crippen LogP contribution is -2.29. The van der Waals surface area contributed by atoms with Gasteiger partial charge in [0.2, 0.25) is 5.95 Å². The first-order chi connectivity index (χ1) is 16.6. The molecule has 0 saturated carbocycles. The highest BCUT2D eigenvalue weighted by molar-refractivity contribution is 6.30. The third-order valence-corrected chi connectivity index (χ3v) is 5.86. The van der Waals surface area contributed by atoms with Crippen LogP contribution in [0.1, 0.15) is 43.7 Å². The van der Waals surface area contributed by atoms with E-state index in [2.05, 4.69) is 26.3 Å². The second-order valence-corrected chi connectivity index (χ2v) is 9.80. The Labute approximate surface area is 209 Å². The molecule has 0 radical (unpaired) electrons. The Morgan fingerprint density at radius 3 is 2.37 bits per heavy atom. The summed E-state index contributed by atoms with van der Waals surface area (Å²) in [7, 11) is 1.37. The number of halogens is 1. The molecule has 0 saturated heterocycles. The van der Waals surface area contributed by atoms with Crippen molar-refractivity contribution in [2.24, 2.45) is 0 Å². The highest BCUT2D eigenvalue weighted by Crippen LogP contribution is 2.45. The molecule has 4 rings (SSSR count). The number of fused-ring (bicyclic) bond motifs is 1. The highest BCUT2D eigenvalue weighted by atomic mass is 35.5. The first-order valence-corrected chi connectivity index (χ1v) is 11.7. The van der Waals surface area contributed by atoms with Crippen LogP contribution in [0.25, 0.3) is 22.0 Å². The van der Waals surface area contributed by atoms with Crippen molar-refractivity contribution in [3.05, 3.63) is 70.6 Å². The number of hydrogen-bond acceptors (Lipinski definition) is 6. The van der Waals surface area contributed by atoms with E-state index in [4.69, 9.17) is 21.1 Å². The van der Waals surface area contributed by atoms with Gasteiger partial charge in [-0.15, -0.1) is 0 Å². The predicted octanol–water partition coefficient (Wildman–Crippen LogP) is 6.67. The summed E-state index contributed by atoms with van der Waals surface area (Å²) in [6.07, 6.45) is 2.37. The van der Waals surface area contributed by atoms with Crippen molar-refractivity contribution in [3.63, 3.8) is 0 Å². The van der Waals surface area contributed by atoms with Gasteiger partial charge in [-0.1, -0.05) is 23.7 Å². The maximum absolute atomic E-state index is 13.2. The first-order valence-electron chi connectivity index (χ1n) is 11.3. The number of aryl methyl sites for hydroxylation is 1. The van der Waals surface area contributed by atoms with Gasteiger partial charge < -0.3 is 19.8 Å². The zero-order valence-corrected chi connectivity index (χ0v) is 21.4. The van der Waals surface area contributed by atoms with Gasteiger partial charge in [-0.05, 0) is 75.6 Å². The van der Waals surface area contributed by atoms with Crippen molar-refractivity contribution in [2.75, 3.05) is 12.4 Å². The Morgan fingerprint density at radius 1 is 1.11 bits per heavy atom. The second kappa shape index (κ2) is 9.68. The summed E-state index contributed by atoms with van der Waals surface area (Å²) >= 11 is 6.20. The van der Waals surface area contributed by atoms with Gasteiger partial charge in [0.25, 0.3) is 0 Å². The van der Waals surface area contributed by atoms with Crippen molar-refractivity contribution in [3.8, 4) is 11.1 Å². The van der Waals surface area contributed by atoms with Crippen molar-refractivity contribution in [1.29, 1.82) is 0 Å². The van der Waals surface area contributed by atoms with Crippen LogP contribution in [0.5, 0.6) is 0 Å². The molecule has 2 heterocycles. The molecule has 2 aromatic heterocycles. The van der Waals surface area contributed by atoms with Gasteiger partial charge in [0.15, 0.2) is 6.10 Å². The summed E-state index contributed by atoms with van der Waals surface area (Å²) in [4.78, 5) is 25.3. The van der Waals surface area contributed by atoms with E-state index < -0.39 is 17.7 Å². The number of hydrogen-bond donors (Lipinski definition) is 2. The van der Waals surface area contributed by atoms with Gasteiger partial charge in [-0.2, -0.15) is 0 Å². The lowest BCUT2D eigenvalue weighted by molar-refractivity contribution is -0.164. The fourth-order valence-electron chi connectivity index (χ4n) is 4.21. The number of carbonyl (C=O) groups is 1. The average Bonchev–Trinajstić information content (AvgIpc) is 3.20. The fraction of sp³-hybridized carbons (Fsp3) is 0.296. The number of rotatable bonds is 6. The maximum atomic E-state index is 13.2. The normalized spacial score (nSPS) is 12.5. The smallest absolute Gasteiger partial charge is 0.339 e. The number of anilines is 2. The zero-order valence-electron chi connectivity index (χ0n) is 20.7. The van der Waals surface area contributed by atoms with Gasteiger partial charge in [-0.3, -0.25) is 0 Å². The van der Waals surface area contributed by atoms with Crippen LogP contribution in [0.2, 0.25) is 5.02 Å². The van der Waals surface area contributed by atoms with E-state index >= 15 is 0 Å². The first kappa shape index (κ1) is 24.7. The maximum Gasteiger partial charge on any atom is 0.339 e. The Hall–Kier alpha value is -3.42. The van der Waals surface area contributed by atoms with Gasteiger partial charge in [0, 0.05) is 34.1 Å². The number of nitrogens with one attached hydrogen (secondary N) is 2. The van der Waals surface area contributed by atoms with Crippen LogP contribution in [0.15, 0.2) is 48.8 Å². The summed E-state index contributed by atoms with van der Waals surface area (Å²) in [5.41, 5.74) is 5.30. The number of carbonyl (C=O) groups excluding carboxylic acids is 1. The fourth-order valence-corrected chi connectivity index (χ4v) is 4.34. The molecular formula is C27H29ClN4O3. The molecule has 2 N–H and O–H groups in total. The van der Waals surface area contributed by atoms with E-state index in [1.54, 1.807) is 18.5 Å². The number of nitrogens with zero attached hydrogens (tertiary/aromatic N) is 2. The van der Waals surface area contributed by atoms with E-state index in [0.717, 1.165) is 39.0 Å². The molecule has 0 amide bonds. The van der Waals surface area contributed by atoms with E-state index in [1.165, 1.54) is 7.11 Å². The molecular weight excluding hydrogens is 464 g/mol. The quantitative estimate of drug-likeness (QED) is 0.292. The van der Waals surface area contributed by atoms with Crippen LogP contribution < -0.4 is 5.32 Å². The molecule has 2 aromatic carbocycles. The minimum Gasteiger partial charge on any atom is -0.467 e. The summed E-state index contributed by atoms with van der Waals surface area (Å²) in [6, 6.07) is 11.4. The lowest BCUT2D eigenvalue weighted by atomic mass is 9.87. The van der Waals surface area contributed by atoms with E-state index in [9.17, 15) is 4.79 Å². The molecule has 8 heteroatoms. The van der Waals surface area contributed by atoms with Crippen molar-refractivity contribution >= 4 is 40.1 Å². The number of aromatic amines is 1. The highest BCUT2D eigenvalue weighted by Gasteiger charge is 2.34. The Balaban J connectivity index is 2.10. The third-order valence-electron chi connectivity index (χ3n) is 5.60. The van der Waals surface area contributed by atoms with Crippen LogP contribution in [-0.4, -0.2) is 33.6 Å². The molecule has 35 heavy (non-hydrogen) atoms. The molecule has 4 aromatic rings. The summed E-state index contributed by atoms with van der Waals surface area (Å²) in [5.74, 6) is -0.0348. The van der Waals surface area contributed by atoms with E-state index in [-0.39, 0.29) is 0 Å². The number of aromatic nitrogens is 3. The Bertz CT molecular complexity index is 1360. The van der Waals surface area contributed by atoms with Crippen molar-refractivity contribution in [1.82, 2.24) is 15.0 Å².